The van der Waals surface area contributed by atoms with Crippen molar-refractivity contribution in [3.63, 3.8) is 0 Å². The molecule has 3 amide bonds. The third-order valence-corrected chi connectivity index (χ3v) is 18.5. The van der Waals surface area contributed by atoms with Crippen LogP contribution in [-0.2, 0) is 26.5 Å². The molecule has 11 rings (SSSR count). The predicted octanol–water partition coefficient (Wildman–Crippen LogP) is 5.76. The van der Waals surface area contributed by atoms with Gasteiger partial charge in [-0.25, -0.2) is 29.0 Å². The lowest BCUT2D eigenvalue weighted by atomic mass is 9.60. The van der Waals surface area contributed by atoms with Gasteiger partial charge in [0.2, 0.25) is 23.7 Å². The molecule has 4 atom stereocenters. The first kappa shape index (κ1) is 59.8. The van der Waals surface area contributed by atoms with E-state index in [1.807, 2.05) is 74.6 Å². The molecule has 1 spiro atoms. The number of rotatable bonds is 21. The number of likely N-dealkylation sites (N-methyl/N-ethyl adjacent to an activating group) is 1. The molecule has 0 bridgehead atoms. The number of piperidine rings is 1. The first-order valence-electron chi connectivity index (χ1n) is 29.8. The molecule has 5 aromatic heterocycles. The van der Waals surface area contributed by atoms with Crippen LogP contribution in [0.2, 0.25) is 0 Å². The largest absolute Gasteiger partial charge is 0.474 e. The summed E-state index contributed by atoms with van der Waals surface area (Å²) in [6, 6.07) is 19.5. The standard InChI is InChI=1S/C62H78N16O7S/c1-8-23-77-58(82)47-35-64-60(69-56(47)78(77)51-11-9-10-50(68-51)61(5,6)84)66-43-16-18-44(19-17-43)72-26-28-73(29-27-72)45-33-62(34-45)20-24-74(25-21-62)53(80)32-48(41-12-14-42(15-13-41)55-40(4)65-38-86-55)67-57(81)49-31-46(79)36-75(49)59(83)54(39(2)3)76-37-52(70-71-76)85-30-22-63-7/h8-19,35,37-39,45-46,48-49,54,63,79,84H,1,20-34,36H2,2-7H3,(H,67,81)(H,64,66,69)/t46-,48+,49+,54+/m1/s1. The SMILES string of the molecule is C=CCn1c(=O)c2cnc(Nc3ccc(N4CCN(C5CC6(CCN(C(=O)C[C@H](NC(=O)[C@@H]7C[C@@H](O)CN7C(=O)[C@H](C(C)C)n7cc(OCCNC)nn7)c7ccc(-c8scnc8C)cc7)CC6)C5)CC4)cc3)nc2n1-c1cccc(C(C)(C)O)n1. The molecule has 2 aromatic carbocycles. The lowest BCUT2D eigenvalue weighted by Gasteiger charge is -2.56. The van der Waals surface area contributed by atoms with Crippen LogP contribution in [0, 0.1) is 18.3 Å². The van der Waals surface area contributed by atoms with Crippen molar-refractivity contribution in [2.75, 3.05) is 76.2 Å². The van der Waals surface area contributed by atoms with Crippen molar-refractivity contribution in [2.24, 2.45) is 11.3 Å². The monoisotopic (exact) mass is 1190 g/mol. The summed E-state index contributed by atoms with van der Waals surface area (Å²) in [7, 11) is 1.82. The van der Waals surface area contributed by atoms with Crippen LogP contribution >= 0.6 is 11.3 Å². The highest BCUT2D eigenvalue weighted by molar-refractivity contribution is 7.13. The molecular weight excluding hydrogens is 1110 g/mol. The number of allylic oxidation sites excluding steroid dienone is 1. The van der Waals surface area contributed by atoms with E-state index in [4.69, 9.17) is 9.72 Å². The maximum absolute atomic E-state index is 14.6. The average Bonchev–Trinajstić information content (AvgIpc) is 1.53. The Morgan fingerprint density at radius 1 is 0.965 bits per heavy atom. The topological polar surface area (TPSA) is 259 Å². The molecule has 23 nitrogen and oxygen atoms in total. The lowest BCUT2D eigenvalue weighted by molar-refractivity contribution is -0.143. The number of carbonyl (C=O) groups is 3. The Morgan fingerprint density at radius 3 is 2.38 bits per heavy atom. The predicted molar refractivity (Wildman–Crippen MR) is 328 cm³/mol. The van der Waals surface area contributed by atoms with Crippen molar-refractivity contribution in [3.05, 3.63) is 125 Å². The fourth-order valence-electron chi connectivity index (χ4n) is 12.7. The molecule has 4 aliphatic rings. The smallest absolute Gasteiger partial charge is 0.278 e. The minimum absolute atomic E-state index is 0.0196. The second kappa shape index (κ2) is 25.2. The summed E-state index contributed by atoms with van der Waals surface area (Å²) in [6.07, 6.45) is 7.99. The zero-order valence-corrected chi connectivity index (χ0v) is 50.6. The number of aliphatic hydroxyl groups is 2. The number of hydrogen-bond donors (Lipinski definition) is 5. The number of likely N-dealkylation sites (tertiary alicyclic amines) is 2. The van der Waals surface area contributed by atoms with Crippen molar-refractivity contribution in [2.45, 2.75) is 116 Å². The molecular formula is C62H78N16O7S. The maximum atomic E-state index is 14.6. The van der Waals surface area contributed by atoms with Crippen molar-refractivity contribution in [3.8, 4) is 22.1 Å². The van der Waals surface area contributed by atoms with Crippen LogP contribution in [0.5, 0.6) is 5.88 Å². The van der Waals surface area contributed by atoms with Gasteiger partial charge >= 0.3 is 0 Å². The summed E-state index contributed by atoms with van der Waals surface area (Å²) < 4.78 is 10.3. The Morgan fingerprint density at radius 2 is 1.71 bits per heavy atom. The normalized spacial score (nSPS) is 19.0. The van der Waals surface area contributed by atoms with Gasteiger partial charge in [-0.15, -0.1) is 17.9 Å². The summed E-state index contributed by atoms with van der Waals surface area (Å²) in [4.78, 5) is 84.9. The molecule has 5 N–H and O–H groups in total. The van der Waals surface area contributed by atoms with Crippen molar-refractivity contribution >= 4 is 57.4 Å². The van der Waals surface area contributed by atoms with Gasteiger partial charge in [-0.3, -0.25) is 24.1 Å². The summed E-state index contributed by atoms with van der Waals surface area (Å²) in [5.74, 6) is -0.0261. The number of thiazole rings is 1. The van der Waals surface area contributed by atoms with Crippen LogP contribution in [0.15, 0.2) is 102 Å². The third-order valence-electron chi connectivity index (χ3n) is 17.5. The number of hydrogen-bond acceptors (Lipinski definition) is 18. The van der Waals surface area contributed by atoms with Crippen LogP contribution < -0.4 is 31.1 Å². The number of nitrogens with one attached hydrogen (secondary N) is 3. The first-order valence-corrected chi connectivity index (χ1v) is 30.7. The Labute approximate surface area is 504 Å². The maximum Gasteiger partial charge on any atom is 0.278 e. The minimum atomic E-state index is -1.19. The molecule has 454 valence electrons. The van der Waals surface area contributed by atoms with Gasteiger partial charge in [0.1, 0.15) is 29.7 Å². The van der Waals surface area contributed by atoms with Crippen molar-refractivity contribution in [1.82, 2.24) is 69.6 Å². The second-order valence-corrected chi connectivity index (χ2v) is 25.1. The molecule has 86 heavy (non-hydrogen) atoms. The highest BCUT2D eigenvalue weighted by Gasteiger charge is 2.49. The van der Waals surface area contributed by atoms with Crippen molar-refractivity contribution in [1.29, 1.82) is 0 Å². The van der Waals surface area contributed by atoms with Crippen LogP contribution in [0.25, 0.3) is 27.3 Å². The molecule has 4 fully saturated rings. The van der Waals surface area contributed by atoms with Gasteiger partial charge in [0.05, 0.1) is 53.1 Å². The van der Waals surface area contributed by atoms with Crippen molar-refractivity contribution < 1.29 is 29.3 Å². The van der Waals surface area contributed by atoms with Gasteiger partial charge in [-0.1, -0.05) is 60.6 Å². The molecule has 0 radical (unpaired) electrons. The van der Waals surface area contributed by atoms with E-state index in [-0.39, 0.29) is 60.5 Å². The van der Waals surface area contributed by atoms with Gasteiger partial charge in [-0.05, 0) is 112 Å². The van der Waals surface area contributed by atoms with E-state index in [0.29, 0.717) is 60.8 Å². The van der Waals surface area contributed by atoms with E-state index in [1.165, 1.54) is 20.5 Å². The molecule has 24 heteroatoms. The second-order valence-electron chi connectivity index (χ2n) is 24.2. The number of piperazine rings is 1. The fourth-order valence-corrected chi connectivity index (χ4v) is 13.5. The lowest BCUT2D eigenvalue weighted by Crippen LogP contribution is -2.59. The number of amides is 3. The number of ether oxygens (including phenoxy) is 1. The van der Waals surface area contributed by atoms with Crippen LogP contribution in [0.4, 0.5) is 17.3 Å². The number of fused-ring (bicyclic) bond motifs is 1. The Balaban J connectivity index is 0.689. The fraction of sp³-hybridized carbons (Fsp3) is 0.484. The zero-order chi connectivity index (χ0) is 60.4. The number of pyridine rings is 1. The number of benzene rings is 2. The van der Waals surface area contributed by atoms with Gasteiger partial charge < -0.3 is 45.6 Å². The quantitative estimate of drug-likeness (QED) is 0.0424. The highest BCUT2D eigenvalue weighted by atomic mass is 32.1. The highest BCUT2D eigenvalue weighted by Crippen LogP contribution is 2.51. The van der Waals surface area contributed by atoms with E-state index >= 15 is 0 Å². The van der Waals surface area contributed by atoms with Gasteiger partial charge in [0.25, 0.3) is 11.4 Å². The summed E-state index contributed by atoms with van der Waals surface area (Å²) in [5, 5.41) is 39.9. The first-order chi connectivity index (χ1) is 41.4. The van der Waals surface area contributed by atoms with Crippen LogP contribution in [0.3, 0.4) is 0 Å². The average molecular weight is 1190 g/mol. The van der Waals surface area contributed by atoms with E-state index in [0.717, 1.165) is 84.9 Å². The van der Waals surface area contributed by atoms with Crippen LogP contribution in [0.1, 0.15) is 95.3 Å². The number of aromatic nitrogens is 9. The Kier molecular flexibility index (Phi) is 17.5. The molecule has 3 aliphatic heterocycles. The van der Waals surface area contributed by atoms with Gasteiger partial charge in [0.15, 0.2) is 11.5 Å². The number of aryl methyl sites for hydroxylation is 1. The van der Waals surface area contributed by atoms with E-state index < -0.39 is 35.7 Å². The van der Waals surface area contributed by atoms with E-state index in [2.05, 4.69) is 69.7 Å². The van der Waals surface area contributed by atoms with Crippen LogP contribution in [-0.4, -0.2) is 171 Å². The minimum Gasteiger partial charge on any atom is -0.474 e. The van der Waals surface area contributed by atoms with E-state index in [1.54, 1.807) is 60.3 Å². The van der Waals surface area contributed by atoms with Gasteiger partial charge in [0, 0.05) is 82.4 Å². The molecule has 1 aliphatic carbocycles. The number of nitrogens with zero attached hydrogens (tertiary/aromatic N) is 13. The number of anilines is 3. The molecule has 1 saturated carbocycles. The molecule has 7 aromatic rings. The third kappa shape index (κ3) is 12.7. The van der Waals surface area contributed by atoms with Gasteiger partial charge in [-0.2, -0.15) is 4.98 Å². The Bertz CT molecular complexity index is 3610. The summed E-state index contributed by atoms with van der Waals surface area (Å²) >= 11 is 1.56. The number of carbonyl (C=O) groups excluding carboxylic acids is 3. The molecule has 3 saturated heterocycles. The molecule has 8 heterocycles. The summed E-state index contributed by atoms with van der Waals surface area (Å²) in [5.41, 5.74) is 5.99. The Hall–Kier alpha value is -7.90. The number of β-amino-alcohol motifs (C(OH)–C–C–N with tert-alkyl or cyclic N) is 1. The number of aliphatic hydroxyl groups excluding tert-OH is 1. The van der Waals surface area contributed by atoms with E-state index in [9.17, 15) is 29.4 Å². The molecule has 0 unspecified atom stereocenters. The summed E-state index contributed by atoms with van der Waals surface area (Å²) in [6.45, 7) is 19.1. The zero-order valence-electron chi connectivity index (χ0n) is 49.8.